The first-order chi connectivity index (χ1) is 12.0. The van der Waals surface area contributed by atoms with Gasteiger partial charge in [0.05, 0.1) is 0 Å². The van der Waals surface area contributed by atoms with Crippen molar-refractivity contribution in [1.29, 1.82) is 0 Å². The van der Waals surface area contributed by atoms with Crippen LogP contribution in [-0.2, 0) is 22.9 Å². The Morgan fingerprint density at radius 1 is 0.920 bits per heavy atom. The number of thioether (sulfide) groups is 1. The van der Waals surface area contributed by atoms with Crippen LogP contribution in [0.5, 0.6) is 0 Å². The molecular weight excluding hydrogens is 356 g/mol. The normalized spacial score (nSPS) is 13.0. The van der Waals surface area contributed by atoms with Gasteiger partial charge in [-0.15, -0.1) is 0 Å². The maximum absolute atomic E-state index is 12.1. The van der Waals surface area contributed by atoms with Crippen LogP contribution >= 0.6 is 11.8 Å². The Kier molecular flexibility index (Phi) is 14.8. The molecule has 0 aromatic rings. The van der Waals surface area contributed by atoms with Gasteiger partial charge in [-0.25, -0.2) is 0 Å². The van der Waals surface area contributed by atoms with Crippen LogP contribution < -0.4 is 0 Å². The van der Waals surface area contributed by atoms with Gasteiger partial charge in [0.15, 0.2) is 0 Å². The number of Topliss-reactive ketones (excluding diaryl/α,β-unsaturated/α-hetero) is 1. The van der Waals surface area contributed by atoms with E-state index in [1.807, 2.05) is 6.92 Å². The number of unbranched alkanes of at least 4 members (excludes halogenated alkanes) is 5. The minimum Gasteiger partial charge on any atom is -0.377 e. The van der Waals surface area contributed by atoms with E-state index >= 15 is 0 Å². The molecule has 0 saturated heterocycles. The zero-order valence-electron chi connectivity index (χ0n) is 16.6. The van der Waals surface area contributed by atoms with Gasteiger partial charge in [-0.05, 0) is 19.3 Å². The zero-order chi connectivity index (χ0) is 19.1. The Morgan fingerprint density at radius 2 is 1.48 bits per heavy atom. The number of rotatable bonds is 16. The number of carbonyl (C=O) groups is 2. The third-order valence-electron chi connectivity index (χ3n) is 4.42. The largest absolute Gasteiger partial charge is 0.500 e. The second kappa shape index (κ2) is 14.9. The highest BCUT2D eigenvalue weighted by molar-refractivity contribution is 8.15. The molecule has 0 aromatic heterocycles. The summed E-state index contributed by atoms with van der Waals surface area (Å²) in [5.41, 5.74) is 0. The topological polar surface area (TPSA) is 61.8 Å². The molecule has 1 atom stereocenters. The summed E-state index contributed by atoms with van der Waals surface area (Å²) in [6.07, 6.45) is 8.61. The highest BCUT2D eigenvalue weighted by Gasteiger charge is 2.38. The molecule has 0 rings (SSSR count). The summed E-state index contributed by atoms with van der Waals surface area (Å²) in [5.74, 6) is -0.243. The summed E-state index contributed by atoms with van der Waals surface area (Å²) in [7, 11) is 2.14. The molecule has 0 aliphatic carbocycles. The SMILES string of the molecule is CCCCCCCCC(=O)C(=O)SC(CC)CC[Si](OC)(OC)OC. The van der Waals surface area contributed by atoms with Crippen molar-refractivity contribution in [2.75, 3.05) is 21.3 Å². The first-order valence-electron chi connectivity index (χ1n) is 9.37. The molecule has 5 nitrogen and oxygen atoms in total. The minimum atomic E-state index is -2.62. The second-order valence-electron chi connectivity index (χ2n) is 6.21. The van der Waals surface area contributed by atoms with Crippen molar-refractivity contribution < 1.29 is 22.9 Å². The van der Waals surface area contributed by atoms with E-state index in [1.165, 1.54) is 19.3 Å². The Hall–Kier alpha value is -0.213. The zero-order valence-corrected chi connectivity index (χ0v) is 18.4. The summed E-state index contributed by atoms with van der Waals surface area (Å²) in [6.45, 7) is 4.21. The van der Waals surface area contributed by atoms with Gasteiger partial charge in [0, 0.05) is 39.0 Å². The van der Waals surface area contributed by atoms with E-state index in [4.69, 9.17) is 13.3 Å². The van der Waals surface area contributed by atoms with Gasteiger partial charge >= 0.3 is 8.80 Å². The highest BCUT2D eigenvalue weighted by Crippen LogP contribution is 2.26. The molecule has 0 spiro atoms. The average Bonchev–Trinajstić information content (AvgIpc) is 2.64. The molecule has 0 saturated carbocycles. The predicted octanol–water partition coefficient (Wildman–Crippen LogP) is 4.61. The van der Waals surface area contributed by atoms with Crippen molar-refractivity contribution in [1.82, 2.24) is 0 Å². The lowest BCUT2D eigenvalue weighted by atomic mass is 10.1. The fraction of sp³-hybridized carbons (Fsp3) is 0.889. The minimum absolute atomic E-state index is 0.0910. The van der Waals surface area contributed by atoms with E-state index in [0.717, 1.165) is 43.9 Å². The van der Waals surface area contributed by atoms with Crippen LogP contribution in [0.2, 0.25) is 6.04 Å². The smallest absolute Gasteiger partial charge is 0.377 e. The Morgan fingerprint density at radius 3 is 2.00 bits per heavy atom. The van der Waals surface area contributed by atoms with Gasteiger partial charge in [-0.3, -0.25) is 9.59 Å². The van der Waals surface area contributed by atoms with E-state index in [0.29, 0.717) is 12.5 Å². The molecule has 0 amide bonds. The maximum atomic E-state index is 12.1. The third-order valence-corrected chi connectivity index (χ3v) is 8.53. The van der Waals surface area contributed by atoms with Crippen LogP contribution in [-0.4, -0.2) is 46.3 Å². The fourth-order valence-electron chi connectivity index (χ4n) is 2.63. The van der Waals surface area contributed by atoms with Crippen LogP contribution in [0.25, 0.3) is 0 Å². The summed E-state index contributed by atoms with van der Waals surface area (Å²) in [4.78, 5) is 24.2. The molecule has 0 radical (unpaired) electrons. The molecule has 0 fully saturated rings. The van der Waals surface area contributed by atoms with Crippen molar-refractivity contribution in [3.8, 4) is 0 Å². The number of hydrogen-bond acceptors (Lipinski definition) is 6. The Bertz CT molecular complexity index is 366. The van der Waals surface area contributed by atoms with E-state index in [9.17, 15) is 9.59 Å². The Balaban J connectivity index is 4.19. The molecule has 0 heterocycles. The van der Waals surface area contributed by atoms with E-state index in [1.54, 1.807) is 21.3 Å². The fourth-order valence-corrected chi connectivity index (χ4v) is 5.59. The van der Waals surface area contributed by atoms with Crippen molar-refractivity contribution in [3.63, 3.8) is 0 Å². The highest BCUT2D eigenvalue weighted by atomic mass is 32.2. The van der Waals surface area contributed by atoms with Crippen molar-refractivity contribution in [3.05, 3.63) is 0 Å². The van der Waals surface area contributed by atoms with Crippen molar-refractivity contribution in [2.24, 2.45) is 0 Å². The van der Waals surface area contributed by atoms with Crippen LogP contribution in [0.4, 0.5) is 0 Å². The molecule has 148 valence electrons. The van der Waals surface area contributed by atoms with Crippen LogP contribution in [0.3, 0.4) is 0 Å². The molecule has 25 heavy (non-hydrogen) atoms. The first-order valence-corrected chi connectivity index (χ1v) is 12.2. The first kappa shape index (κ1) is 24.8. The van der Waals surface area contributed by atoms with Gasteiger partial charge in [0.1, 0.15) is 0 Å². The van der Waals surface area contributed by atoms with E-state index < -0.39 is 8.80 Å². The lowest BCUT2D eigenvalue weighted by molar-refractivity contribution is -0.131. The van der Waals surface area contributed by atoms with Gasteiger partial charge in [-0.1, -0.05) is 57.7 Å². The quantitative estimate of drug-likeness (QED) is 0.217. The number of hydrogen-bond donors (Lipinski definition) is 0. The van der Waals surface area contributed by atoms with Gasteiger partial charge < -0.3 is 13.3 Å². The summed E-state index contributed by atoms with van der Waals surface area (Å²) >= 11 is 1.16. The number of ketones is 1. The lowest BCUT2D eigenvalue weighted by Crippen LogP contribution is -2.43. The predicted molar refractivity (Wildman–Crippen MR) is 106 cm³/mol. The molecule has 0 aliphatic heterocycles. The standard InChI is InChI=1S/C18H36O5SSi/c1-6-8-9-10-11-12-13-17(19)18(20)24-16(7-2)14-15-25(21-3,22-4)23-5/h16H,6-15H2,1-5H3. The maximum Gasteiger partial charge on any atom is 0.500 e. The summed E-state index contributed by atoms with van der Waals surface area (Å²) in [5, 5.41) is -0.215. The van der Waals surface area contributed by atoms with Crippen molar-refractivity contribution >= 4 is 31.5 Å². The van der Waals surface area contributed by atoms with E-state index in [2.05, 4.69) is 6.92 Å². The summed E-state index contributed by atoms with van der Waals surface area (Å²) in [6, 6.07) is 0.640. The van der Waals surface area contributed by atoms with Gasteiger partial charge in [0.2, 0.25) is 5.78 Å². The Labute approximate surface area is 158 Å². The molecule has 7 heteroatoms. The van der Waals surface area contributed by atoms with Gasteiger partial charge in [-0.2, -0.15) is 0 Å². The molecule has 1 unspecified atom stereocenters. The van der Waals surface area contributed by atoms with Gasteiger partial charge in [0.25, 0.3) is 5.12 Å². The molecular formula is C18H36O5SSi. The average molecular weight is 393 g/mol. The lowest BCUT2D eigenvalue weighted by Gasteiger charge is -2.25. The third kappa shape index (κ3) is 10.5. The molecule has 0 aromatic carbocycles. The monoisotopic (exact) mass is 392 g/mol. The van der Waals surface area contributed by atoms with E-state index in [-0.39, 0.29) is 16.1 Å². The molecule has 0 N–H and O–H groups in total. The van der Waals surface area contributed by atoms with Crippen LogP contribution in [0.15, 0.2) is 0 Å². The van der Waals surface area contributed by atoms with Crippen molar-refractivity contribution in [2.45, 2.75) is 82.9 Å². The van der Waals surface area contributed by atoms with Crippen LogP contribution in [0, 0.1) is 0 Å². The molecule has 0 aliphatic rings. The van der Waals surface area contributed by atoms with Crippen LogP contribution in [0.1, 0.15) is 71.6 Å². The summed E-state index contributed by atoms with van der Waals surface area (Å²) < 4.78 is 16.2. The number of carbonyl (C=O) groups excluding carboxylic acids is 2. The second-order valence-corrected chi connectivity index (χ2v) is 10.6. The molecule has 0 bridgehead atoms.